The Bertz CT molecular complexity index is 917. The van der Waals surface area contributed by atoms with Crippen molar-refractivity contribution < 1.29 is 9.53 Å². The lowest BCUT2D eigenvalue weighted by molar-refractivity contribution is 0.0526. The Morgan fingerprint density at radius 2 is 1.74 bits per heavy atom. The van der Waals surface area contributed by atoms with Crippen LogP contribution in [0.25, 0.3) is 0 Å². The lowest BCUT2D eigenvalue weighted by atomic mass is 10.2. The van der Waals surface area contributed by atoms with Crippen molar-refractivity contribution in [1.82, 2.24) is 9.97 Å². The van der Waals surface area contributed by atoms with Crippen LogP contribution in [0.1, 0.15) is 17.3 Å². The van der Waals surface area contributed by atoms with E-state index in [1.165, 1.54) is 6.33 Å². The smallest absolute Gasteiger partial charge is 0.338 e. The highest BCUT2D eigenvalue weighted by Crippen LogP contribution is 2.26. The molecule has 5 N–H and O–H groups in total. The molecule has 1 aromatic heterocycles. The molecular weight excluding hydrogens is 344 g/mol. The summed E-state index contributed by atoms with van der Waals surface area (Å²) in [4.78, 5) is 20.2. The van der Waals surface area contributed by atoms with Gasteiger partial charge in [-0.3, -0.25) is 10.9 Å². The Kier molecular flexibility index (Phi) is 5.68. The van der Waals surface area contributed by atoms with Crippen molar-refractivity contribution in [3.63, 3.8) is 0 Å². The molecule has 2 aromatic carbocycles. The number of hydrogen-bond acceptors (Lipinski definition) is 8. The van der Waals surface area contributed by atoms with Crippen LogP contribution in [0.5, 0.6) is 0 Å². The van der Waals surface area contributed by atoms with E-state index in [4.69, 9.17) is 10.5 Å². The minimum atomic E-state index is -0.383. The number of rotatable bonds is 7. The molecule has 27 heavy (non-hydrogen) atoms. The number of benzene rings is 2. The maximum Gasteiger partial charge on any atom is 0.338 e. The Morgan fingerprint density at radius 1 is 1.00 bits per heavy atom. The molecule has 0 aliphatic rings. The van der Waals surface area contributed by atoms with Gasteiger partial charge in [0.1, 0.15) is 12.0 Å². The highest BCUT2D eigenvalue weighted by atomic mass is 16.5. The van der Waals surface area contributed by atoms with Gasteiger partial charge in [0.2, 0.25) is 0 Å². The van der Waals surface area contributed by atoms with Crippen molar-refractivity contribution in [1.29, 1.82) is 0 Å². The second-order valence-electron chi connectivity index (χ2n) is 5.53. The predicted octanol–water partition coefficient (Wildman–Crippen LogP) is 3.42. The maximum atomic E-state index is 11.9. The van der Waals surface area contributed by atoms with Gasteiger partial charge in [-0.1, -0.05) is 24.3 Å². The molecular formula is C19H20N6O2. The van der Waals surface area contributed by atoms with Crippen LogP contribution < -0.4 is 21.9 Å². The van der Waals surface area contributed by atoms with Gasteiger partial charge in [-0.25, -0.2) is 14.8 Å². The van der Waals surface area contributed by atoms with Gasteiger partial charge in [-0.15, -0.1) is 0 Å². The Hall–Kier alpha value is -3.81. The summed E-state index contributed by atoms with van der Waals surface area (Å²) in [7, 11) is 0. The zero-order valence-corrected chi connectivity index (χ0v) is 14.8. The first-order chi connectivity index (χ1) is 13.2. The molecule has 138 valence electrons. The molecule has 8 heteroatoms. The fourth-order valence-electron chi connectivity index (χ4n) is 2.32. The number of nitrogen functional groups attached to an aromatic ring is 1. The second kappa shape index (κ2) is 8.52. The van der Waals surface area contributed by atoms with Crippen LogP contribution >= 0.6 is 0 Å². The first kappa shape index (κ1) is 18.0. The fraction of sp³-hybridized carbons (Fsp3) is 0.105. The van der Waals surface area contributed by atoms with E-state index in [0.29, 0.717) is 35.2 Å². The number of esters is 1. The van der Waals surface area contributed by atoms with Gasteiger partial charge in [0.15, 0.2) is 11.6 Å². The van der Waals surface area contributed by atoms with Gasteiger partial charge < -0.3 is 15.8 Å². The number of anilines is 5. The van der Waals surface area contributed by atoms with Crippen molar-refractivity contribution >= 4 is 34.7 Å². The number of nitrogens with zero attached hydrogens (tertiary/aromatic N) is 2. The molecule has 0 spiro atoms. The largest absolute Gasteiger partial charge is 0.462 e. The van der Waals surface area contributed by atoms with Crippen molar-refractivity contribution in [3.8, 4) is 0 Å². The highest BCUT2D eigenvalue weighted by Gasteiger charge is 2.10. The van der Waals surface area contributed by atoms with Crippen molar-refractivity contribution in [3.05, 3.63) is 66.5 Å². The van der Waals surface area contributed by atoms with Crippen LogP contribution in [0.15, 0.2) is 60.9 Å². The number of aromatic nitrogens is 2. The summed E-state index contributed by atoms with van der Waals surface area (Å²) in [6.45, 7) is 2.08. The third kappa shape index (κ3) is 4.63. The molecule has 0 unspecified atom stereocenters. The van der Waals surface area contributed by atoms with Gasteiger partial charge in [0.25, 0.3) is 0 Å². The maximum absolute atomic E-state index is 11.9. The molecule has 0 amide bonds. The first-order valence-corrected chi connectivity index (χ1v) is 8.39. The summed E-state index contributed by atoms with van der Waals surface area (Å²) in [5, 5.41) is 3.10. The first-order valence-electron chi connectivity index (χ1n) is 8.39. The molecule has 3 aromatic rings. The zero-order chi connectivity index (χ0) is 19.1. The van der Waals surface area contributed by atoms with Gasteiger partial charge in [0, 0.05) is 5.69 Å². The van der Waals surface area contributed by atoms with Crippen molar-refractivity contribution in [2.75, 3.05) is 28.5 Å². The average Bonchev–Trinajstić information content (AvgIpc) is 2.70. The Morgan fingerprint density at radius 3 is 2.52 bits per heavy atom. The van der Waals surface area contributed by atoms with Gasteiger partial charge in [-0.05, 0) is 37.3 Å². The average molecular weight is 364 g/mol. The normalized spacial score (nSPS) is 10.1. The molecule has 0 bridgehead atoms. The van der Waals surface area contributed by atoms with Gasteiger partial charge >= 0.3 is 5.97 Å². The summed E-state index contributed by atoms with van der Waals surface area (Å²) in [5.74, 6) is 0.465. The molecule has 8 nitrogen and oxygen atoms in total. The summed E-state index contributed by atoms with van der Waals surface area (Å²) in [5.41, 5.74) is 14.4. The van der Waals surface area contributed by atoms with E-state index in [1.54, 1.807) is 31.2 Å². The molecule has 3 rings (SSSR count). The van der Waals surface area contributed by atoms with E-state index in [1.807, 2.05) is 30.3 Å². The number of carbonyl (C=O) groups is 1. The Labute approximate surface area is 156 Å². The second-order valence-corrected chi connectivity index (χ2v) is 5.53. The number of hydrogen-bond donors (Lipinski definition) is 4. The highest BCUT2D eigenvalue weighted by molar-refractivity contribution is 5.91. The van der Waals surface area contributed by atoms with Crippen LogP contribution in [-0.2, 0) is 4.74 Å². The topological polar surface area (TPSA) is 114 Å². The summed E-state index contributed by atoms with van der Waals surface area (Å²) < 4.78 is 5.01. The number of nitrogens with two attached hydrogens (primary N) is 1. The summed E-state index contributed by atoms with van der Waals surface area (Å²) in [6.07, 6.45) is 1.39. The monoisotopic (exact) mass is 364 g/mol. The summed E-state index contributed by atoms with van der Waals surface area (Å²) >= 11 is 0. The molecule has 0 saturated carbocycles. The quantitative estimate of drug-likeness (QED) is 0.372. The third-order valence-corrected chi connectivity index (χ3v) is 3.62. The van der Waals surface area contributed by atoms with Crippen LogP contribution in [0.4, 0.5) is 28.7 Å². The van der Waals surface area contributed by atoms with Crippen LogP contribution in [0.2, 0.25) is 0 Å². The molecule has 0 radical (unpaired) electrons. The molecule has 0 aliphatic carbocycles. The molecule has 0 saturated heterocycles. The predicted molar refractivity (Wildman–Crippen MR) is 106 cm³/mol. The fourth-order valence-corrected chi connectivity index (χ4v) is 2.32. The minimum absolute atomic E-state index is 0.318. The third-order valence-electron chi connectivity index (χ3n) is 3.62. The number of hydrazine groups is 1. The summed E-state index contributed by atoms with van der Waals surface area (Å²) in [6, 6.07) is 16.5. The Balaban J connectivity index is 1.74. The molecule has 0 aliphatic heterocycles. The minimum Gasteiger partial charge on any atom is -0.462 e. The van der Waals surface area contributed by atoms with E-state index in [2.05, 4.69) is 26.1 Å². The van der Waals surface area contributed by atoms with E-state index < -0.39 is 0 Å². The number of carbonyl (C=O) groups excluding carboxylic acids is 1. The van der Waals surface area contributed by atoms with Crippen molar-refractivity contribution in [2.24, 2.45) is 0 Å². The number of nitrogens with one attached hydrogen (secondary N) is 3. The van der Waals surface area contributed by atoms with E-state index >= 15 is 0 Å². The van der Waals surface area contributed by atoms with Gasteiger partial charge in [0.05, 0.1) is 17.9 Å². The van der Waals surface area contributed by atoms with E-state index in [9.17, 15) is 4.79 Å². The van der Waals surface area contributed by atoms with Gasteiger partial charge in [-0.2, -0.15) is 0 Å². The standard InChI is InChI=1S/C19H20N6O2/c1-2-27-19(26)13-7-6-10-15(11-13)23-17-16(20)18(22-12-21-17)25-24-14-8-4-3-5-9-14/h3-12,24H,2,20H2,1H3,(H2,21,22,23,25). The number of ether oxygens (including phenoxy) is 1. The lowest BCUT2D eigenvalue weighted by Crippen LogP contribution is -2.13. The molecule has 1 heterocycles. The van der Waals surface area contributed by atoms with Crippen molar-refractivity contribution in [2.45, 2.75) is 6.92 Å². The lowest BCUT2D eigenvalue weighted by Gasteiger charge is -2.14. The van der Waals surface area contributed by atoms with E-state index in [-0.39, 0.29) is 5.97 Å². The van der Waals surface area contributed by atoms with Crippen LogP contribution in [-0.4, -0.2) is 22.5 Å². The molecule has 0 fully saturated rings. The molecule has 0 atom stereocenters. The zero-order valence-electron chi connectivity index (χ0n) is 14.8. The van der Waals surface area contributed by atoms with Crippen LogP contribution in [0.3, 0.4) is 0 Å². The van der Waals surface area contributed by atoms with Crippen LogP contribution in [0, 0.1) is 0 Å². The SMILES string of the molecule is CCOC(=O)c1cccc(Nc2ncnc(NNc3ccccc3)c2N)c1. The van der Waals surface area contributed by atoms with E-state index in [0.717, 1.165) is 5.69 Å². The number of para-hydroxylation sites is 1.